The van der Waals surface area contributed by atoms with Crippen LogP contribution in [-0.4, -0.2) is 12.4 Å². The van der Waals surface area contributed by atoms with Crippen molar-refractivity contribution in [3.05, 3.63) is 27.7 Å². The van der Waals surface area contributed by atoms with Crippen LogP contribution in [0.1, 0.15) is 22.8 Å². The number of ether oxygens (including phenoxy) is 1. The van der Waals surface area contributed by atoms with Crippen LogP contribution in [0.4, 0.5) is 8.78 Å². The fourth-order valence-corrected chi connectivity index (χ4v) is 1.71. The topological polar surface area (TPSA) is 50.1 Å². The number of ketones is 1. The van der Waals surface area contributed by atoms with Gasteiger partial charge in [-0.1, -0.05) is 0 Å². The second-order valence-electron chi connectivity index (χ2n) is 2.87. The van der Waals surface area contributed by atoms with Gasteiger partial charge in [0, 0.05) is 10.0 Å². The van der Waals surface area contributed by atoms with Gasteiger partial charge in [-0.05, 0) is 35.0 Å². The summed E-state index contributed by atoms with van der Waals surface area (Å²) in [6.07, 6.45) is 0. The predicted octanol–water partition coefficient (Wildman–Crippen LogP) is 3.12. The van der Waals surface area contributed by atoms with E-state index in [0.29, 0.717) is 4.47 Å². The highest BCUT2D eigenvalue weighted by atomic mass is 79.9. The molecule has 0 radical (unpaired) electrons. The molecule has 1 aromatic carbocycles. The summed E-state index contributed by atoms with van der Waals surface area (Å²) in [5.41, 5.74) is 0.145. The highest BCUT2D eigenvalue weighted by Gasteiger charge is 2.15. The van der Waals surface area contributed by atoms with E-state index in [1.165, 1.54) is 19.1 Å². The molecule has 0 spiro atoms. The zero-order chi connectivity index (χ0) is 12.3. The van der Waals surface area contributed by atoms with E-state index in [0.717, 1.165) is 0 Å². The molecule has 6 heteroatoms. The molecule has 0 heterocycles. The number of rotatable bonds is 3. The SMILES string of the molecule is CC(=O)c1cc(C#N)c(OC(F)F)cc1Br. The Morgan fingerprint density at radius 2 is 2.19 bits per heavy atom. The summed E-state index contributed by atoms with van der Waals surface area (Å²) in [4.78, 5) is 11.1. The first-order valence-corrected chi connectivity index (χ1v) is 4.94. The van der Waals surface area contributed by atoms with Gasteiger partial charge < -0.3 is 4.74 Å². The smallest absolute Gasteiger partial charge is 0.387 e. The average Bonchev–Trinajstić information content (AvgIpc) is 2.16. The number of halogens is 3. The minimum Gasteiger partial charge on any atom is -0.433 e. The van der Waals surface area contributed by atoms with Gasteiger partial charge in [-0.15, -0.1) is 0 Å². The Balaban J connectivity index is 3.28. The van der Waals surface area contributed by atoms with Crippen LogP contribution in [0.15, 0.2) is 16.6 Å². The number of hydrogen-bond acceptors (Lipinski definition) is 3. The van der Waals surface area contributed by atoms with Gasteiger partial charge in [0.05, 0.1) is 5.56 Å². The summed E-state index contributed by atoms with van der Waals surface area (Å²) in [5.74, 6) is -0.527. The molecule has 0 saturated heterocycles. The molecule has 0 N–H and O–H groups in total. The molecule has 84 valence electrons. The fourth-order valence-electron chi connectivity index (χ4n) is 1.11. The summed E-state index contributed by atoms with van der Waals surface area (Å²) in [6, 6.07) is 4.09. The lowest BCUT2D eigenvalue weighted by Gasteiger charge is -2.08. The van der Waals surface area contributed by atoms with Crippen LogP contribution in [0.3, 0.4) is 0 Å². The highest BCUT2D eigenvalue weighted by molar-refractivity contribution is 9.10. The third-order valence-corrected chi connectivity index (χ3v) is 2.44. The highest BCUT2D eigenvalue weighted by Crippen LogP contribution is 2.28. The van der Waals surface area contributed by atoms with Crippen molar-refractivity contribution in [2.24, 2.45) is 0 Å². The molecule has 0 saturated carbocycles. The molecular formula is C10H6BrF2NO2. The van der Waals surface area contributed by atoms with Crippen molar-refractivity contribution in [1.82, 2.24) is 0 Å². The Morgan fingerprint density at radius 3 is 2.62 bits per heavy atom. The first kappa shape index (κ1) is 12.6. The van der Waals surface area contributed by atoms with Crippen LogP contribution in [-0.2, 0) is 0 Å². The molecule has 0 aliphatic heterocycles. The van der Waals surface area contributed by atoms with Gasteiger partial charge in [0.25, 0.3) is 0 Å². The van der Waals surface area contributed by atoms with E-state index in [4.69, 9.17) is 5.26 Å². The molecule has 0 atom stereocenters. The largest absolute Gasteiger partial charge is 0.433 e. The van der Waals surface area contributed by atoms with Crippen LogP contribution in [0.2, 0.25) is 0 Å². The van der Waals surface area contributed by atoms with Crippen LogP contribution in [0, 0.1) is 11.3 Å². The Hall–Kier alpha value is -1.48. The molecule has 0 fully saturated rings. The zero-order valence-electron chi connectivity index (χ0n) is 8.13. The van der Waals surface area contributed by atoms with Crippen molar-refractivity contribution in [2.75, 3.05) is 0 Å². The van der Waals surface area contributed by atoms with Gasteiger partial charge in [0.2, 0.25) is 0 Å². The lowest BCUT2D eigenvalue weighted by Crippen LogP contribution is -2.05. The number of alkyl halides is 2. The second-order valence-corrected chi connectivity index (χ2v) is 3.73. The Labute approximate surface area is 98.8 Å². The molecule has 1 aromatic rings. The second kappa shape index (κ2) is 5.03. The first-order chi connectivity index (χ1) is 7.45. The van der Waals surface area contributed by atoms with Gasteiger partial charge in [-0.2, -0.15) is 14.0 Å². The molecule has 0 aliphatic carbocycles. The van der Waals surface area contributed by atoms with Crippen molar-refractivity contribution in [1.29, 1.82) is 5.26 Å². The van der Waals surface area contributed by atoms with Crippen molar-refractivity contribution in [2.45, 2.75) is 13.5 Å². The minimum atomic E-state index is -3.01. The summed E-state index contributed by atoms with van der Waals surface area (Å²) in [5, 5.41) is 8.73. The third-order valence-electron chi connectivity index (χ3n) is 1.79. The van der Waals surface area contributed by atoms with Gasteiger partial charge in [-0.3, -0.25) is 4.79 Å². The third kappa shape index (κ3) is 2.76. The molecule has 1 rings (SSSR count). The maximum atomic E-state index is 12.0. The minimum absolute atomic E-state index is 0.103. The summed E-state index contributed by atoms with van der Waals surface area (Å²) in [6.45, 7) is -1.70. The first-order valence-electron chi connectivity index (χ1n) is 4.15. The van der Waals surface area contributed by atoms with Crippen molar-refractivity contribution in [3.8, 4) is 11.8 Å². The van der Waals surface area contributed by atoms with Crippen LogP contribution in [0.5, 0.6) is 5.75 Å². The molecule has 0 unspecified atom stereocenters. The van der Waals surface area contributed by atoms with E-state index in [9.17, 15) is 13.6 Å². The molecule has 0 aromatic heterocycles. The fraction of sp³-hybridized carbons (Fsp3) is 0.200. The summed E-state index contributed by atoms with van der Waals surface area (Å²) >= 11 is 3.05. The monoisotopic (exact) mass is 289 g/mol. The number of carbonyl (C=O) groups is 1. The van der Waals surface area contributed by atoms with Crippen molar-refractivity contribution in [3.63, 3.8) is 0 Å². The van der Waals surface area contributed by atoms with Crippen LogP contribution < -0.4 is 4.74 Å². The number of Topliss-reactive ketones (excluding diaryl/α,β-unsaturated/α-hetero) is 1. The molecule has 0 bridgehead atoms. The van der Waals surface area contributed by atoms with E-state index in [1.54, 1.807) is 6.07 Å². The normalized spacial score (nSPS) is 10.0. The average molecular weight is 290 g/mol. The lowest BCUT2D eigenvalue weighted by molar-refractivity contribution is -0.0500. The Bertz CT molecular complexity index is 469. The quantitative estimate of drug-likeness (QED) is 0.804. The van der Waals surface area contributed by atoms with E-state index in [2.05, 4.69) is 20.7 Å². The Morgan fingerprint density at radius 1 is 1.56 bits per heavy atom. The van der Waals surface area contributed by atoms with Crippen LogP contribution >= 0.6 is 15.9 Å². The van der Waals surface area contributed by atoms with Gasteiger partial charge in [0.1, 0.15) is 11.8 Å². The summed E-state index contributed by atoms with van der Waals surface area (Å²) < 4.78 is 28.5. The van der Waals surface area contributed by atoms with Crippen molar-refractivity contribution >= 4 is 21.7 Å². The van der Waals surface area contributed by atoms with Crippen molar-refractivity contribution < 1.29 is 18.3 Å². The maximum absolute atomic E-state index is 12.0. The van der Waals surface area contributed by atoms with Gasteiger partial charge in [-0.25, -0.2) is 0 Å². The number of nitriles is 1. The number of nitrogens with zero attached hydrogens (tertiary/aromatic N) is 1. The van der Waals surface area contributed by atoms with E-state index >= 15 is 0 Å². The van der Waals surface area contributed by atoms with Gasteiger partial charge in [0.15, 0.2) is 5.78 Å². The van der Waals surface area contributed by atoms with E-state index < -0.39 is 6.61 Å². The van der Waals surface area contributed by atoms with Crippen LogP contribution in [0.25, 0.3) is 0 Å². The molecule has 3 nitrogen and oxygen atoms in total. The number of hydrogen-bond donors (Lipinski definition) is 0. The molecular weight excluding hydrogens is 284 g/mol. The summed E-state index contributed by atoms with van der Waals surface area (Å²) in [7, 11) is 0. The molecule has 0 aliphatic rings. The van der Waals surface area contributed by atoms with E-state index in [1.807, 2.05) is 0 Å². The number of carbonyl (C=O) groups excluding carboxylic acids is 1. The Kier molecular flexibility index (Phi) is 3.96. The number of benzene rings is 1. The maximum Gasteiger partial charge on any atom is 0.387 e. The lowest BCUT2D eigenvalue weighted by atomic mass is 10.1. The standard InChI is InChI=1S/C10H6BrF2NO2/c1-5(15)7-2-6(4-14)9(3-8(7)11)16-10(12)13/h2-3,10H,1H3. The molecule has 16 heavy (non-hydrogen) atoms. The van der Waals surface area contributed by atoms with Gasteiger partial charge >= 0.3 is 6.61 Å². The predicted molar refractivity (Wildman–Crippen MR) is 55.5 cm³/mol. The molecule has 0 amide bonds. The zero-order valence-corrected chi connectivity index (χ0v) is 9.72. The van der Waals surface area contributed by atoms with E-state index in [-0.39, 0.29) is 22.7 Å².